The van der Waals surface area contributed by atoms with Crippen LogP contribution in [-0.4, -0.2) is 29.4 Å². The van der Waals surface area contributed by atoms with Crippen LogP contribution in [0.5, 0.6) is 0 Å². The van der Waals surface area contributed by atoms with Crippen molar-refractivity contribution < 1.29 is 24.2 Å². The smallest absolute Gasteiger partial charge is 0.374 e. The van der Waals surface area contributed by atoms with Crippen LogP contribution in [0.3, 0.4) is 0 Å². The first-order valence-corrected chi connectivity index (χ1v) is 8.62. The summed E-state index contributed by atoms with van der Waals surface area (Å²) >= 11 is 0. The van der Waals surface area contributed by atoms with E-state index >= 15 is 0 Å². The van der Waals surface area contributed by atoms with E-state index in [-0.39, 0.29) is 25.9 Å². The van der Waals surface area contributed by atoms with Crippen LogP contribution < -0.4 is 0 Å². The number of esters is 1. The third kappa shape index (κ3) is 6.51. The Kier molecular flexibility index (Phi) is 7.55. The highest BCUT2D eigenvalue weighted by Gasteiger charge is 2.14. The van der Waals surface area contributed by atoms with Crippen molar-refractivity contribution in [3.8, 4) is 11.1 Å². The molecule has 136 valence electrons. The maximum Gasteiger partial charge on any atom is 0.374 e. The van der Waals surface area contributed by atoms with Crippen molar-refractivity contribution in [1.82, 2.24) is 0 Å². The zero-order valence-electron chi connectivity index (χ0n) is 14.5. The highest BCUT2D eigenvalue weighted by atomic mass is 16.5. The molecule has 0 fully saturated rings. The molecule has 0 saturated heterocycles. The third-order valence-electron chi connectivity index (χ3n) is 3.93. The maximum atomic E-state index is 11.7. The number of carbonyl (C=O) groups excluding carboxylic acids is 2. The molecule has 1 N–H and O–H groups in total. The number of carboxylic acid groups (broad SMARTS) is 1. The number of ether oxygens (including phenoxy) is 1. The lowest BCUT2D eigenvalue weighted by atomic mass is 10.0. The fourth-order valence-electron chi connectivity index (χ4n) is 2.52. The predicted molar refractivity (Wildman–Crippen MR) is 97.7 cm³/mol. The van der Waals surface area contributed by atoms with Gasteiger partial charge in [0.05, 0.1) is 6.61 Å². The number of aliphatic carboxylic acids is 1. The van der Waals surface area contributed by atoms with Crippen LogP contribution in [-0.2, 0) is 25.5 Å². The molecule has 5 nitrogen and oxygen atoms in total. The van der Waals surface area contributed by atoms with Gasteiger partial charge >= 0.3 is 11.9 Å². The fourth-order valence-corrected chi connectivity index (χ4v) is 2.52. The monoisotopic (exact) mass is 354 g/mol. The second kappa shape index (κ2) is 10.1. The van der Waals surface area contributed by atoms with Crippen molar-refractivity contribution in [2.75, 3.05) is 6.61 Å². The summed E-state index contributed by atoms with van der Waals surface area (Å²) in [6, 6.07) is 18.2. The van der Waals surface area contributed by atoms with E-state index in [2.05, 4.69) is 12.1 Å². The van der Waals surface area contributed by atoms with Gasteiger partial charge in [0.15, 0.2) is 0 Å². The Morgan fingerprint density at radius 3 is 2.12 bits per heavy atom. The average Bonchev–Trinajstić information content (AvgIpc) is 2.66. The van der Waals surface area contributed by atoms with E-state index in [0.29, 0.717) is 12.8 Å². The number of aryl methyl sites for hydroxylation is 1. The lowest BCUT2D eigenvalue weighted by Crippen LogP contribution is -2.18. The lowest BCUT2D eigenvalue weighted by Gasteiger charge is -2.05. The van der Waals surface area contributed by atoms with E-state index in [1.165, 1.54) is 0 Å². The van der Waals surface area contributed by atoms with Gasteiger partial charge in [0.1, 0.15) is 0 Å². The van der Waals surface area contributed by atoms with Crippen molar-refractivity contribution in [3.63, 3.8) is 0 Å². The summed E-state index contributed by atoms with van der Waals surface area (Å²) in [6.07, 6.45) is 1.52. The number of rotatable bonds is 10. The molecule has 0 saturated carbocycles. The van der Waals surface area contributed by atoms with Crippen molar-refractivity contribution in [3.05, 3.63) is 60.2 Å². The van der Waals surface area contributed by atoms with Crippen molar-refractivity contribution in [1.29, 1.82) is 0 Å². The van der Waals surface area contributed by atoms with Crippen LogP contribution in [0, 0.1) is 0 Å². The molecule has 0 spiro atoms. The summed E-state index contributed by atoms with van der Waals surface area (Å²) < 4.78 is 4.77. The minimum absolute atomic E-state index is 0.0438. The lowest BCUT2D eigenvalue weighted by molar-refractivity contribution is -0.154. The summed E-state index contributed by atoms with van der Waals surface area (Å²) in [6.45, 7) is -0.0438. The molecule has 0 aliphatic rings. The van der Waals surface area contributed by atoms with Crippen LogP contribution in [0.15, 0.2) is 54.6 Å². The molecule has 0 atom stereocenters. The Morgan fingerprint density at radius 2 is 1.46 bits per heavy atom. The number of hydrogen-bond donors (Lipinski definition) is 1. The summed E-state index contributed by atoms with van der Waals surface area (Å²) in [5.74, 6) is -2.40. The van der Waals surface area contributed by atoms with E-state index in [4.69, 9.17) is 9.84 Å². The van der Waals surface area contributed by atoms with E-state index in [1.54, 1.807) is 0 Å². The van der Waals surface area contributed by atoms with Gasteiger partial charge in [0.2, 0.25) is 5.78 Å². The molecule has 26 heavy (non-hydrogen) atoms. The van der Waals surface area contributed by atoms with E-state index in [1.807, 2.05) is 42.5 Å². The summed E-state index contributed by atoms with van der Waals surface area (Å²) in [4.78, 5) is 33.6. The summed E-state index contributed by atoms with van der Waals surface area (Å²) in [5.41, 5.74) is 3.39. The van der Waals surface area contributed by atoms with Crippen LogP contribution in [0.25, 0.3) is 11.1 Å². The molecule has 0 radical (unpaired) electrons. The van der Waals surface area contributed by atoms with Crippen LogP contribution in [0.1, 0.15) is 31.2 Å². The number of ketones is 1. The summed E-state index contributed by atoms with van der Waals surface area (Å²) in [7, 11) is 0. The molecular weight excluding hydrogens is 332 g/mol. The van der Waals surface area contributed by atoms with E-state index < -0.39 is 17.7 Å². The van der Waals surface area contributed by atoms with Gasteiger partial charge in [-0.05, 0) is 36.0 Å². The van der Waals surface area contributed by atoms with Crippen LogP contribution >= 0.6 is 0 Å². The first-order valence-electron chi connectivity index (χ1n) is 8.62. The Labute approximate surface area is 152 Å². The molecule has 0 aromatic heterocycles. The molecule has 0 aliphatic carbocycles. The van der Waals surface area contributed by atoms with Crippen molar-refractivity contribution >= 4 is 17.7 Å². The van der Waals surface area contributed by atoms with Gasteiger partial charge in [-0.15, -0.1) is 0 Å². The normalized spacial score (nSPS) is 10.3. The van der Waals surface area contributed by atoms with Crippen molar-refractivity contribution in [2.45, 2.75) is 32.1 Å². The van der Waals surface area contributed by atoms with Gasteiger partial charge in [0.25, 0.3) is 0 Å². The maximum absolute atomic E-state index is 11.7. The Morgan fingerprint density at radius 1 is 0.808 bits per heavy atom. The highest BCUT2D eigenvalue weighted by Crippen LogP contribution is 2.19. The Hall–Kier alpha value is -2.95. The molecule has 0 heterocycles. The van der Waals surface area contributed by atoms with Gasteiger partial charge < -0.3 is 9.84 Å². The molecule has 0 aliphatic heterocycles. The van der Waals surface area contributed by atoms with E-state index in [9.17, 15) is 14.4 Å². The average molecular weight is 354 g/mol. The van der Waals surface area contributed by atoms with Gasteiger partial charge in [-0.2, -0.15) is 0 Å². The highest BCUT2D eigenvalue weighted by molar-refractivity contribution is 6.33. The second-order valence-corrected chi connectivity index (χ2v) is 5.97. The number of benzene rings is 2. The quantitative estimate of drug-likeness (QED) is 0.400. The van der Waals surface area contributed by atoms with Gasteiger partial charge in [-0.25, -0.2) is 4.79 Å². The zero-order valence-corrected chi connectivity index (χ0v) is 14.5. The topological polar surface area (TPSA) is 80.7 Å². The number of carboxylic acids is 1. The van der Waals surface area contributed by atoms with Gasteiger partial charge in [0, 0.05) is 12.8 Å². The molecule has 0 unspecified atom stereocenters. The fraction of sp³-hybridized carbons (Fsp3) is 0.286. The molecule has 0 bridgehead atoms. The molecule has 2 aromatic rings. The minimum Gasteiger partial charge on any atom is -0.481 e. The Bertz CT molecular complexity index is 735. The standard InChI is InChI=1S/C21H22O5/c22-19(21(25)26-15-5-10-20(23)24)9-4-6-16-11-13-18(14-12-16)17-7-2-1-3-8-17/h1-3,7-8,11-14H,4-6,9-10,15H2,(H,23,24). The number of carbonyl (C=O) groups is 3. The van der Waals surface area contributed by atoms with Crippen molar-refractivity contribution in [2.24, 2.45) is 0 Å². The molecular formula is C21H22O5. The number of Topliss-reactive ketones (excluding diaryl/α,β-unsaturated/α-hetero) is 1. The molecule has 5 heteroatoms. The van der Waals surface area contributed by atoms with Crippen LogP contribution in [0.2, 0.25) is 0 Å². The minimum atomic E-state index is -0.953. The zero-order chi connectivity index (χ0) is 18.8. The first-order chi connectivity index (χ1) is 12.6. The molecule has 2 aromatic carbocycles. The number of hydrogen-bond acceptors (Lipinski definition) is 4. The predicted octanol–water partition coefficient (Wildman–Crippen LogP) is 3.65. The first kappa shape index (κ1) is 19.4. The molecule has 0 amide bonds. The Balaban J connectivity index is 1.71. The van der Waals surface area contributed by atoms with Crippen LogP contribution in [0.4, 0.5) is 0 Å². The van der Waals surface area contributed by atoms with Gasteiger partial charge in [-0.1, -0.05) is 54.6 Å². The second-order valence-electron chi connectivity index (χ2n) is 5.97. The largest absolute Gasteiger partial charge is 0.481 e. The van der Waals surface area contributed by atoms with Gasteiger partial charge in [-0.3, -0.25) is 9.59 Å². The SMILES string of the molecule is O=C(O)CCCOC(=O)C(=O)CCCc1ccc(-c2ccccc2)cc1. The summed E-state index contributed by atoms with van der Waals surface area (Å²) in [5, 5.41) is 8.49. The van der Waals surface area contributed by atoms with E-state index in [0.717, 1.165) is 16.7 Å². The molecule has 2 rings (SSSR count). The third-order valence-corrected chi connectivity index (χ3v) is 3.93.